The second kappa shape index (κ2) is 12.9. The lowest BCUT2D eigenvalue weighted by molar-refractivity contribution is -0.114. The number of carbonyl (C=O) groups excluding carboxylic acids is 3. The molecule has 2 aliphatic heterocycles. The Labute approximate surface area is 272 Å². The average molecular weight is 660 g/mol. The van der Waals surface area contributed by atoms with Gasteiger partial charge in [-0.3, -0.25) is 9.59 Å². The Morgan fingerprint density at radius 1 is 0.812 bits per heavy atom. The molecular formula is C34H29NO13. The van der Waals surface area contributed by atoms with Gasteiger partial charge in [0.05, 0.1) is 7.11 Å². The molecule has 0 saturated carbocycles. The summed E-state index contributed by atoms with van der Waals surface area (Å²) < 4.78 is 34.3. The van der Waals surface area contributed by atoms with Crippen molar-refractivity contribution in [3.05, 3.63) is 89.5 Å². The number of aliphatic hydroxyl groups excluding tert-OH is 1. The Kier molecular flexibility index (Phi) is 8.57. The number of amides is 1. The number of carbonyl (C=O) groups is 3. The second-order valence-electron chi connectivity index (χ2n) is 10.9. The topological polar surface area (TPSA) is 200 Å². The van der Waals surface area contributed by atoms with Crippen molar-refractivity contribution in [2.45, 2.75) is 31.3 Å². The molecule has 4 aromatic rings. The van der Waals surface area contributed by atoms with Crippen molar-refractivity contribution in [1.82, 2.24) is 0 Å². The maximum Gasteiger partial charge on any atom is 0.513 e. The summed E-state index contributed by atoms with van der Waals surface area (Å²) in [5, 5.41) is 43.7. The number of benzene rings is 4. The van der Waals surface area contributed by atoms with Gasteiger partial charge in [-0.1, -0.05) is 12.1 Å². The summed E-state index contributed by atoms with van der Waals surface area (Å²) in [6.07, 6.45) is -5.81. The summed E-state index contributed by atoms with van der Waals surface area (Å²) in [5.74, 6) is -1.38. The molecule has 1 amide bonds. The number of aromatic hydroxyl groups is 3. The predicted molar refractivity (Wildman–Crippen MR) is 165 cm³/mol. The van der Waals surface area contributed by atoms with Gasteiger partial charge in [-0.2, -0.15) is 0 Å². The molecule has 0 radical (unpaired) electrons. The molecule has 0 unspecified atom stereocenters. The molecule has 0 fully saturated rings. The van der Waals surface area contributed by atoms with Gasteiger partial charge < -0.3 is 54.2 Å². The lowest BCUT2D eigenvalue weighted by Gasteiger charge is -2.35. The van der Waals surface area contributed by atoms with Crippen LogP contribution in [-0.2, 0) is 9.53 Å². The monoisotopic (exact) mass is 659 g/mol. The van der Waals surface area contributed by atoms with E-state index >= 15 is 0 Å². The van der Waals surface area contributed by atoms with E-state index in [1.54, 1.807) is 18.2 Å². The summed E-state index contributed by atoms with van der Waals surface area (Å²) in [6, 6.07) is 17.3. The van der Waals surface area contributed by atoms with Gasteiger partial charge in [-0.25, -0.2) is 4.79 Å². The molecule has 48 heavy (non-hydrogen) atoms. The maximum atomic E-state index is 13.0. The molecule has 248 valence electrons. The van der Waals surface area contributed by atoms with Gasteiger partial charge >= 0.3 is 6.16 Å². The lowest BCUT2D eigenvalue weighted by atomic mass is 9.92. The van der Waals surface area contributed by atoms with Gasteiger partial charge in [0.25, 0.3) is 0 Å². The standard InChI is InChI=1S/C34H29NO13/c1-16(36)35-19-5-7-21(8-6-19)45-34(42)44-15-28-32(17-3-9-22(38)25(11-17)43-2)47-26-12-18(4-10-24(26)46-28)33-31(41)30(40)29-23(39)13-20(37)14-27(29)48-33/h3-14,28,31-33,37-39,41H,15H2,1-2H3,(H,35,36)/t28-,31+,32-,33-/m0/s1. The second-order valence-corrected chi connectivity index (χ2v) is 10.9. The molecule has 0 aliphatic carbocycles. The van der Waals surface area contributed by atoms with Crippen LogP contribution in [0.2, 0.25) is 0 Å². The molecule has 14 nitrogen and oxygen atoms in total. The van der Waals surface area contributed by atoms with E-state index in [0.717, 1.165) is 12.1 Å². The Hall–Kier alpha value is -6.15. The first-order chi connectivity index (χ1) is 23.0. The van der Waals surface area contributed by atoms with Crippen molar-refractivity contribution in [2.24, 2.45) is 0 Å². The number of hydrogen-bond donors (Lipinski definition) is 5. The van der Waals surface area contributed by atoms with E-state index in [9.17, 15) is 34.8 Å². The number of Topliss-reactive ketones (excluding diaryl/α,β-unsaturated/α-hetero) is 1. The number of phenols is 3. The van der Waals surface area contributed by atoms with Crippen molar-refractivity contribution >= 4 is 23.5 Å². The summed E-state index contributed by atoms with van der Waals surface area (Å²) in [7, 11) is 1.38. The van der Waals surface area contributed by atoms with E-state index in [1.165, 1.54) is 56.5 Å². The lowest BCUT2D eigenvalue weighted by Crippen LogP contribution is -2.38. The number of ether oxygens (including phenoxy) is 6. The number of anilines is 1. The molecule has 4 atom stereocenters. The molecule has 14 heteroatoms. The Bertz CT molecular complexity index is 1890. The minimum atomic E-state index is -1.69. The zero-order valence-corrected chi connectivity index (χ0v) is 25.4. The molecule has 0 aromatic heterocycles. The number of aliphatic hydroxyl groups is 1. The number of hydrogen-bond acceptors (Lipinski definition) is 13. The third-order valence-electron chi connectivity index (χ3n) is 7.56. The third-order valence-corrected chi connectivity index (χ3v) is 7.56. The zero-order valence-electron chi connectivity index (χ0n) is 25.4. The smallest absolute Gasteiger partial charge is 0.508 e. The summed E-state index contributed by atoms with van der Waals surface area (Å²) in [6.45, 7) is 1.04. The van der Waals surface area contributed by atoms with E-state index in [1.807, 2.05) is 0 Å². The van der Waals surface area contributed by atoms with E-state index in [-0.39, 0.29) is 58.3 Å². The number of methoxy groups -OCH3 is 1. The van der Waals surface area contributed by atoms with Crippen LogP contribution in [0.15, 0.2) is 72.8 Å². The number of rotatable bonds is 7. The van der Waals surface area contributed by atoms with Gasteiger partial charge in [0, 0.05) is 30.3 Å². The Morgan fingerprint density at radius 3 is 2.25 bits per heavy atom. The fraction of sp³-hybridized carbons (Fsp3) is 0.206. The van der Waals surface area contributed by atoms with Crippen LogP contribution in [0.4, 0.5) is 10.5 Å². The number of phenolic OH excluding ortho intramolecular Hbond substituents is 3. The Morgan fingerprint density at radius 2 is 1.52 bits per heavy atom. The first-order valence-electron chi connectivity index (χ1n) is 14.5. The SMILES string of the molecule is COc1cc([C@@H]2Oc3cc([C@@H]4Oc5cc(O)cc(O)c5C(=O)[C@H]4O)ccc3O[C@H]2COC(=O)Oc2ccc(NC(C)=O)cc2)ccc1O. The van der Waals surface area contributed by atoms with Crippen LogP contribution in [0.25, 0.3) is 0 Å². The van der Waals surface area contributed by atoms with Gasteiger partial charge in [-0.05, 0) is 54.1 Å². The molecule has 6 rings (SSSR count). The van der Waals surface area contributed by atoms with E-state index in [0.29, 0.717) is 16.8 Å². The van der Waals surface area contributed by atoms with Crippen molar-refractivity contribution in [2.75, 3.05) is 19.0 Å². The van der Waals surface area contributed by atoms with Crippen LogP contribution in [0.1, 0.15) is 40.6 Å². The minimum Gasteiger partial charge on any atom is -0.508 e. The molecule has 5 N–H and O–H groups in total. The van der Waals surface area contributed by atoms with Crippen LogP contribution in [0.3, 0.4) is 0 Å². The molecule has 2 heterocycles. The summed E-state index contributed by atoms with van der Waals surface area (Å²) in [5.41, 5.74) is 1.07. The zero-order chi connectivity index (χ0) is 34.1. The fourth-order valence-corrected chi connectivity index (χ4v) is 5.35. The van der Waals surface area contributed by atoms with Crippen molar-refractivity contribution in [1.29, 1.82) is 0 Å². The minimum absolute atomic E-state index is 0.107. The first kappa shape index (κ1) is 31.8. The van der Waals surface area contributed by atoms with Crippen molar-refractivity contribution < 1.29 is 63.2 Å². The quantitative estimate of drug-likeness (QED) is 0.137. The van der Waals surface area contributed by atoms with Crippen LogP contribution in [-0.4, -0.2) is 64.2 Å². The fourth-order valence-electron chi connectivity index (χ4n) is 5.35. The number of nitrogens with one attached hydrogen (secondary N) is 1. The van der Waals surface area contributed by atoms with E-state index in [2.05, 4.69) is 5.32 Å². The Balaban J connectivity index is 1.24. The highest BCUT2D eigenvalue weighted by atomic mass is 16.7. The van der Waals surface area contributed by atoms with Crippen molar-refractivity contribution in [3.63, 3.8) is 0 Å². The third kappa shape index (κ3) is 6.41. The van der Waals surface area contributed by atoms with Gasteiger partial charge in [-0.15, -0.1) is 0 Å². The maximum absolute atomic E-state index is 13.0. The average Bonchev–Trinajstić information content (AvgIpc) is 3.05. The highest BCUT2D eigenvalue weighted by Gasteiger charge is 2.41. The van der Waals surface area contributed by atoms with Crippen LogP contribution in [0, 0.1) is 0 Å². The summed E-state index contributed by atoms with van der Waals surface area (Å²) in [4.78, 5) is 36.8. The van der Waals surface area contributed by atoms with E-state index in [4.69, 9.17) is 28.4 Å². The molecule has 0 spiro atoms. The van der Waals surface area contributed by atoms with Gasteiger partial charge in [0.2, 0.25) is 11.7 Å². The summed E-state index contributed by atoms with van der Waals surface area (Å²) >= 11 is 0. The largest absolute Gasteiger partial charge is 0.513 e. The molecule has 0 saturated heterocycles. The normalized spacial score (nSPS) is 19.4. The first-order valence-corrected chi connectivity index (χ1v) is 14.5. The van der Waals surface area contributed by atoms with Gasteiger partial charge in [0.15, 0.2) is 47.4 Å². The molecular weight excluding hydrogens is 630 g/mol. The number of fused-ring (bicyclic) bond motifs is 2. The van der Waals surface area contributed by atoms with Gasteiger partial charge in [0.1, 0.15) is 35.2 Å². The highest BCUT2D eigenvalue weighted by molar-refractivity contribution is 6.05. The van der Waals surface area contributed by atoms with Crippen molar-refractivity contribution in [3.8, 4) is 46.0 Å². The van der Waals surface area contributed by atoms with Crippen LogP contribution in [0.5, 0.6) is 46.0 Å². The van der Waals surface area contributed by atoms with Crippen LogP contribution < -0.4 is 29.0 Å². The van der Waals surface area contributed by atoms with Crippen LogP contribution >= 0.6 is 0 Å². The van der Waals surface area contributed by atoms with E-state index < -0.39 is 42.1 Å². The molecule has 2 aliphatic rings. The number of ketones is 1. The molecule has 4 aromatic carbocycles. The molecule has 0 bridgehead atoms. The highest BCUT2D eigenvalue weighted by Crippen LogP contribution is 2.46. The predicted octanol–water partition coefficient (Wildman–Crippen LogP) is 4.54.